The molecule has 4 aliphatic heterocycles. The number of amidine groups is 1. The summed E-state index contributed by atoms with van der Waals surface area (Å²) in [5, 5.41) is 11.5. The second-order valence-corrected chi connectivity index (χ2v) is 11.7. The van der Waals surface area contributed by atoms with Gasteiger partial charge in [-0.1, -0.05) is 0 Å². The van der Waals surface area contributed by atoms with E-state index in [1.165, 1.54) is 24.4 Å². The van der Waals surface area contributed by atoms with Crippen molar-refractivity contribution >= 4 is 35.6 Å². The molecule has 1 aromatic carbocycles. The SMILES string of the molecule is CC(C)(C)OC(=O)N1CCC(CC#N)(N2NC(=Nc3ccc4c(c3)CN(CC(F)(F)F)C4=O)C3C(=O)N=CC=C32)CC1. The highest BCUT2D eigenvalue weighted by Crippen LogP contribution is 2.41. The van der Waals surface area contributed by atoms with E-state index in [9.17, 15) is 32.8 Å². The molecule has 0 aromatic heterocycles. The number of fused-ring (bicyclic) bond motifs is 2. The van der Waals surface area contributed by atoms with E-state index >= 15 is 0 Å². The van der Waals surface area contributed by atoms with E-state index in [1.54, 1.807) is 36.8 Å². The predicted octanol–water partition coefficient (Wildman–Crippen LogP) is 3.85. The molecule has 14 heteroatoms. The fourth-order valence-corrected chi connectivity index (χ4v) is 5.65. The first-order valence-corrected chi connectivity index (χ1v) is 13.5. The van der Waals surface area contributed by atoms with Crippen LogP contribution in [0.15, 0.2) is 40.0 Å². The average molecular weight is 586 g/mol. The maximum Gasteiger partial charge on any atom is 0.410 e. The van der Waals surface area contributed by atoms with Crippen LogP contribution in [-0.4, -0.2) is 81.7 Å². The lowest BCUT2D eigenvalue weighted by molar-refractivity contribution is -0.141. The van der Waals surface area contributed by atoms with Crippen molar-refractivity contribution in [3.8, 4) is 6.07 Å². The second-order valence-electron chi connectivity index (χ2n) is 11.7. The van der Waals surface area contributed by atoms with Gasteiger partial charge in [0.05, 0.1) is 29.4 Å². The van der Waals surface area contributed by atoms with Crippen molar-refractivity contribution < 1.29 is 32.3 Å². The molecular formula is C28H30F3N7O4. The van der Waals surface area contributed by atoms with E-state index in [2.05, 4.69) is 21.5 Å². The summed E-state index contributed by atoms with van der Waals surface area (Å²) in [6.45, 7) is 4.46. The third-order valence-electron chi connectivity index (χ3n) is 7.56. The van der Waals surface area contributed by atoms with E-state index < -0.39 is 47.7 Å². The van der Waals surface area contributed by atoms with Crippen molar-refractivity contribution in [1.29, 1.82) is 5.26 Å². The Balaban J connectivity index is 1.41. The highest BCUT2D eigenvalue weighted by atomic mass is 19.4. The topological polar surface area (TPSA) is 131 Å². The van der Waals surface area contributed by atoms with Crippen LogP contribution in [0, 0.1) is 17.2 Å². The first-order chi connectivity index (χ1) is 19.7. The Morgan fingerprint density at radius 1 is 1.24 bits per heavy atom. The minimum absolute atomic E-state index is 0.0980. The first kappa shape index (κ1) is 29.1. The van der Waals surface area contributed by atoms with Crippen molar-refractivity contribution in [2.45, 2.75) is 63.9 Å². The van der Waals surface area contributed by atoms with Crippen molar-refractivity contribution in [1.82, 2.24) is 20.2 Å². The van der Waals surface area contributed by atoms with Gasteiger partial charge in [-0.3, -0.25) is 20.0 Å². The number of hydrogen-bond acceptors (Lipinski definition) is 7. The Morgan fingerprint density at radius 3 is 2.60 bits per heavy atom. The molecular weight excluding hydrogens is 555 g/mol. The number of likely N-dealkylation sites (tertiary alicyclic amines) is 1. The summed E-state index contributed by atoms with van der Waals surface area (Å²) in [6.07, 6.45) is -0.983. The Morgan fingerprint density at radius 2 is 1.95 bits per heavy atom. The van der Waals surface area contributed by atoms with Gasteiger partial charge in [0, 0.05) is 31.4 Å². The number of rotatable bonds is 4. The molecule has 0 spiro atoms. The van der Waals surface area contributed by atoms with Gasteiger partial charge in [-0.15, -0.1) is 0 Å². The molecule has 222 valence electrons. The molecule has 1 N–H and O–H groups in total. The molecule has 42 heavy (non-hydrogen) atoms. The first-order valence-electron chi connectivity index (χ1n) is 13.5. The number of carbonyl (C=O) groups excluding carboxylic acids is 3. The molecule has 0 saturated carbocycles. The molecule has 0 bridgehead atoms. The number of nitrogens with one attached hydrogen (secondary N) is 1. The van der Waals surface area contributed by atoms with Gasteiger partial charge in [0.1, 0.15) is 23.9 Å². The fraction of sp³-hybridized carbons (Fsp3) is 0.500. The summed E-state index contributed by atoms with van der Waals surface area (Å²) in [6, 6.07) is 6.72. The maximum absolute atomic E-state index is 13.0. The summed E-state index contributed by atoms with van der Waals surface area (Å²) < 4.78 is 44.3. The van der Waals surface area contributed by atoms with Crippen LogP contribution in [0.25, 0.3) is 0 Å². The van der Waals surface area contributed by atoms with Gasteiger partial charge in [-0.25, -0.2) is 14.8 Å². The zero-order chi connectivity index (χ0) is 30.4. The number of piperidine rings is 1. The predicted molar refractivity (Wildman–Crippen MR) is 144 cm³/mol. The van der Waals surface area contributed by atoms with Crippen LogP contribution in [0.5, 0.6) is 0 Å². The number of allylic oxidation sites excluding steroid dienone is 1. The quantitative estimate of drug-likeness (QED) is 0.568. The minimum atomic E-state index is -4.52. The molecule has 3 amide bonds. The zero-order valence-corrected chi connectivity index (χ0v) is 23.4. The lowest BCUT2D eigenvalue weighted by atomic mass is 9.83. The van der Waals surface area contributed by atoms with E-state index in [0.717, 1.165) is 4.90 Å². The van der Waals surface area contributed by atoms with Gasteiger partial charge in [-0.05, 0) is 63.5 Å². The van der Waals surface area contributed by atoms with Gasteiger partial charge in [0.15, 0.2) is 0 Å². The molecule has 5 rings (SSSR count). The normalized spacial score (nSPS) is 22.5. The van der Waals surface area contributed by atoms with Crippen molar-refractivity contribution in [3.05, 3.63) is 41.1 Å². The number of amides is 3. The van der Waals surface area contributed by atoms with E-state index in [1.807, 2.05) is 0 Å². The van der Waals surface area contributed by atoms with Gasteiger partial charge < -0.3 is 14.5 Å². The number of carbonyl (C=O) groups is 3. The van der Waals surface area contributed by atoms with E-state index in [4.69, 9.17) is 4.74 Å². The number of nitrogens with zero attached hydrogens (tertiary/aromatic N) is 6. The fourth-order valence-electron chi connectivity index (χ4n) is 5.65. The summed E-state index contributed by atoms with van der Waals surface area (Å²) >= 11 is 0. The lowest BCUT2D eigenvalue weighted by Crippen LogP contribution is -2.58. The number of nitriles is 1. The molecule has 0 aliphatic carbocycles. The van der Waals surface area contributed by atoms with Crippen LogP contribution in [0.2, 0.25) is 0 Å². The summed E-state index contributed by atoms with van der Waals surface area (Å²) in [7, 11) is 0. The summed E-state index contributed by atoms with van der Waals surface area (Å²) in [4.78, 5) is 48.9. The molecule has 4 aliphatic rings. The third-order valence-corrected chi connectivity index (χ3v) is 7.56. The highest BCUT2D eigenvalue weighted by Gasteiger charge is 2.51. The largest absolute Gasteiger partial charge is 0.444 e. The number of dihydropyridines is 1. The number of halogens is 3. The van der Waals surface area contributed by atoms with Crippen LogP contribution in [-0.2, 0) is 16.1 Å². The second kappa shape index (κ2) is 10.5. The highest BCUT2D eigenvalue weighted by molar-refractivity contribution is 6.13. The monoisotopic (exact) mass is 585 g/mol. The van der Waals surface area contributed by atoms with E-state index in [0.29, 0.717) is 42.9 Å². The average Bonchev–Trinajstić information content (AvgIpc) is 3.41. The smallest absolute Gasteiger partial charge is 0.410 e. The van der Waals surface area contributed by atoms with Crippen LogP contribution in [0.3, 0.4) is 0 Å². The Kier molecular flexibility index (Phi) is 7.24. The van der Waals surface area contributed by atoms with Crippen molar-refractivity contribution in [3.63, 3.8) is 0 Å². The summed E-state index contributed by atoms with van der Waals surface area (Å²) in [5.74, 6) is -1.81. The third kappa shape index (κ3) is 5.68. The molecule has 1 atom stereocenters. The Labute approximate surface area is 240 Å². The Bertz CT molecular complexity index is 1450. The van der Waals surface area contributed by atoms with Gasteiger partial charge in [0.25, 0.3) is 11.8 Å². The van der Waals surface area contributed by atoms with Crippen molar-refractivity contribution in [2.24, 2.45) is 15.9 Å². The molecule has 1 unspecified atom stereocenters. The standard InChI is InChI=1S/C28H30F3N7O4/c1-26(2,3)42-25(41)36-12-8-27(7-10-32,9-13-36)38-20-6-11-33-23(39)21(20)22(35-38)34-18-4-5-19-17(14-18)15-37(24(19)40)16-28(29,30)31/h4-6,11,14,21H,7-9,12-13,15-16H2,1-3H3,(H,34,35). The number of aliphatic imine (C=N–C) groups is 2. The molecule has 1 aromatic rings. The minimum Gasteiger partial charge on any atom is -0.444 e. The van der Waals surface area contributed by atoms with Gasteiger partial charge in [0.2, 0.25) is 0 Å². The van der Waals surface area contributed by atoms with Gasteiger partial charge >= 0.3 is 12.3 Å². The summed E-state index contributed by atoms with van der Waals surface area (Å²) in [5.41, 5.74) is 3.26. The zero-order valence-electron chi connectivity index (χ0n) is 23.4. The van der Waals surface area contributed by atoms with Crippen LogP contribution in [0.1, 0.15) is 56.0 Å². The van der Waals surface area contributed by atoms with E-state index in [-0.39, 0.29) is 24.4 Å². The molecule has 4 heterocycles. The number of hydrazine groups is 1. The number of benzene rings is 1. The Hall–Kier alpha value is -4.41. The van der Waals surface area contributed by atoms with Gasteiger partial charge in [-0.2, -0.15) is 18.4 Å². The molecule has 2 saturated heterocycles. The number of hydrogen-bond donors (Lipinski definition) is 1. The maximum atomic E-state index is 13.0. The van der Waals surface area contributed by atoms with Crippen LogP contribution in [0.4, 0.5) is 23.7 Å². The van der Waals surface area contributed by atoms with Crippen molar-refractivity contribution in [2.75, 3.05) is 19.6 Å². The van der Waals surface area contributed by atoms with Crippen LogP contribution < -0.4 is 5.43 Å². The molecule has 0 radical (unpaired) electrons. The number of ether oxygens (including phenoxy) is 1. The molecule has 2 fully saturated rings. The number of alkyl halides is 3. The molecule has 11 nitrogen and oxygen atoms in total. The lowest BCUT2D eigenvalue weighted by Gasteiger charge is -2.47. The van der Waals surface area contributed by atoms with Crippen LogP contribution >= 0.6 is 0 Å².